The maximum Gasteiger partial charge on any atom is 0.197 e. The zero-order chi connectivity index (χ0) is 24.8. The molecule has 0 amide bonds. The number of benzene rings is 1. The monoisotopic (exact) mass is 499 g/mol. The summed E-state index contributed by atoms with van der Waals surface area (Å²) in [6, 6.07) is 6.01. The van der Waals surface area contributed by atoms with E-state index in [1.807, 2.05) is 4.90 Å². The number of fused-ring (bicyclic) bond motifs is 2. The average Bonchev–Trinajstić information content (AvgIpc) is 3.55. The smallest absolute Gasteiger partial charge is 0.197 e. The molecule has 8 nitrogen and oxygen atoms in total. The van der Waals surface area contributed by atoms with Gasteiger partial charge in [-0.25, -0.2) is 13.8 Å². The van der Waals surface area contributed by atoms with Crippen LogP contribution < -0.4 is 9.64 Å². The Morgan fingerprint density at radius 3 is 2.64 bits per heavy atom. The molecule has 4 atom stereocenters. The molecule has 3 fully saturated rings. The van der Waals surface area contributed by atoms with Gasteiger partial charge in [0.15, 0.2) is 12.0 Å². The van der Waals surface area contributed by atoms with Gasteiger partial charge >= 0.3 is 0 Å². The van der Waals surface area contributed by atoms with Crippen molar-refractivity contribution >= 4 is 16.7 Å². The van der Waals surface area contributed by atoms with Crippen LogP contribution in [0.15, 0.2) is 36.9 Å². The molecule has 0 aliphatic carbocycles. The lowest BCUT2D eigenvalue weighted by Gasteiger charge is -2.29. The second-order valence-corrected chi connectivity index (χ2v) is 9.22. The molecule has 0 radical (unpaired) electrons. The molecule has 6 rings (SSSR count). The van der Waals surface area contributed by atoms with Crippen LogP contribution in [0.25, 0.3) is 22.3 Å². The number of pyridine rings is 1. The zero-order valence-corrected chi connectivity index (χ0v) is 19.6. The van der Waals surface area contributed by atoms with E-state index in [1.54, 1.807) is 18.2 Å². The predicted molar refractivity (Wildman–Crippen MR) is 128 cm³/mol. The van der Waals surface area contributed by atoms with E-state index in [-0.39, 0.29) is 30.6 Å². The first-order chi connectivity index (χ1) is 17.5. The summed E-state index contributed by atoms with van der Waals surface area (Å²) in [5.41, 5.74) is 2.42. The standard InChI is InChI=1S/C26H27F2N3O5/c1-2-3-15-23-19(30-26(15)36-21-13-35-24-20(32)12-34-25(21)24)5-4-18(29-23)22-16(27)10-14(11-17(22)28)31-6-8-33-9-7-31/h2,4-5,10-11,20-21,24-25,30,32H,1,3,6-9,12-13H2/t20-,21-,24?,25-/m1/s1. The van der Waals surface area contributed by atoms with Crippen LogP contribution in [0, 0.1) is 11.6 Å². The first kappa shape index (κ1) is 23.4. The number of hydrogen-bond donors (Lipinski definition) is 2. The molecule has 36 heavy (non-hydrogen) atoms. The quantitative estimate of drug-likeness (QED) is 0.504. The highest BCUT2D eigenvalue weighted by atomic mass is 19.1. The number of aliphatic hydroxyl groups excluding tert-OH is 1. The SMILES string of the molecule is C=CCc1c(O[C@@H]2COC3[C@H](O)CO[C@@H]32)[nH]c2ccc(-c3c(F)cc(N4CCOCC4)cc3F)nc12. The minimum absolute atomic E-state index is 0.178. The van der Waals surface area contributed by atoms with Crippen molar-refractivity contribution in [3.63, 3.8) is 0 Å². The van der Waals surface area contributed by atoms with Gasteiger partial charge in [0.05, 0.1) is 48.7 Å². The number of aromatic nitrogens is 2. The molecular formula is C26H27F2N3O5. The van der Waals surface area contributed by atoms with Gasteiger partial charge < -0.3 is 33.9 Å². The predicted octanol–water partition coefficient (Wildman–Crippen LogP) is 2.98. The first-order valence-corrected chi connectivity index (χ1v) is 12.1. The first-order valence-electron chi connectivity index (χ1n) is 12.1. The lowest BCUT2D eigenvalue weighted by molar-refractivity contribution is 0.00779. The Morgan fingerprint density at radius 1 is 1.14 bits per heavy atom. The third-order valence-corrected chi connectivity index (χ3v) is 6.96. The molecule has 3 saturated heterocycles. The van der Waals surface area contributed by atoms with Gasteiger partial charge in [0.2, 0.25) is 0 Å². The Bertz CT molecular complexity index is 1270. The van der Waals surface area contributed by atoms with Crippen LogP contribution in [0.4, 0.5) is 14.5 Å². The van der Waals surface area contributed by atoms with Gasteiger partial charge in [-0.1, -0.05) is 6.08 Å². The second kappa shape index (κ2) is 9.44. The van der Waals surface area contributed by atoms with E-state index in [0.29, 0.717) is 55.3 Å². The Morgan fingerprint density at radius 2 is 1.89 bits per heavy atom. The van der Waals surface area contributed by atoms with Crippen molar-refractivity contribution < 1.29 is 32.8 Å². The number of ether oxygens (including phenoxy) is 4. The summed E-state index contributed by atoms with van der Waals surface area (Å²) in [7, 11) is 0. The number of anilines is 1. The topological polar surface area (TPSA) is 89.1 Å². The van der Waals surface area contributed by atoms with Crippen LogP contribution in [-0.2, 0) is 20.6 Å². The fourth-order valence-electron chi connectivity index (χ4n) is 5.17. The number of rotatable bonds is 6. The van der Waals surface area contributed by atoms with Crippen molar-refractivity contribution in [2.45, 2.75) is 30.8 Å². The molecule has 0 spiro atoms. The van der Waals surface area contributed by atoms with Gasteiger partial charge in [0.1, 0.15) is 29.9 Å². The molecule has 3 aromatic rings. The summed E-state index contributed by atoms with van der Waals surface area (Å²) in [5, 5.41) is 10.0. The van der Waals surface area contributed by atoms with Crippen LogP contribution in [-0.4, -0.2) is 79.0 Å². The minimum Gasteiger partial charge on any atom is -0.470 e. The van der Waals surface area contributed by atoms with Crippen LogP contribution in [0.3, 0.4) is 0 Å². The number of allylic oxidation sites excluding steroid dienone is 1. The highest BCUT2D eigenvalue weighted by molar-refractivity contribution is 5.85. The van der Waals surface area contributed by atoms with Crippen molar-refractivity contribution in [2.75, 3.05) is 44.4 Å². The molecular weight excluding hydrogens is 472 g/mol. The van der Waals surface area contributed by atoms with Gasteiger partial charge in [0, 0.05) is 24.3 Å². The van der Waals surface area contributed by atoms with E-state index >= 15 is 8.78 Å². The number of H-pyrrole nitrogens is 1. The van der Waals surface area contributed by atoms with Gasteiger partial charge in [-0.3, -0.25) is 0 Å². The number of halogens is 2. The van der Waals surface area contributed by atoms with Gasteiger partial charge in [-0.05, 0) is 30.7 Å². The highest BCUT2D eigenvalue weighted by Crippen LogP contribution is 2.36. The van der Waals surface area contributed by atoms with E-state index in [9.17, 15) is 5.11 Å². The Labute approximate surface area is 206 Å². The van der Waals surface area contributed by atoms with Crippen molar-refractivity contribution in [2.24, 2.45) is 0 Å². The summed E-state index contributed by atoms with van der Waals surface area (Å²) in [4.78, 5) is 9.74. The molecule has 3 aliphatic rings. The second-order valence-electron chi connectivity index (χ2n) is 9.22. The molecule has 2 aromatic heterocycles. The largest absolute Gasteiger partial charge is 0.470 e. The lowest BCUT2D eigenvalue weighted by atomic mass is 10.1. The van der Waals surface area contributed by atoms with E-state index in [0.717, 1.165) is 5.56 Å². The number of aromatic amines is 1. The Balaban J connectivity index is 1.33. The number of nitrogens with zero attached hydrogens (tertiary/aromatic N) is 2. The third-order valence-electron chi connectivity index (χ3n) is 6.96. The van der Waals surface area contributed by atoms with Gasteiger partial charge in [0.25, 0.3) is 0 Å². The van der Waals surface area contributed by atoms with Crippen LogP contribution in [0.2, 0.25) is 0 Å². The molecule has 3 aliphatic heterocycles. The summed E-state index contributed by atoms with van der Waals surface area (Å²) in [6.45, 7) is 6.51. The van der Waals surface area contributed by atoms with Gasteiger partial charge in [-0.15, -0.1) is 6.58 Å². The summed E-state index contributed by atoms with van der Waals surface area (Å²) >= 11 is 0. The van der Waals surface area contributed by atoms with Crippen molar-refractivity contribution in [3.8, 4) is 17.1 Å². The number of morpholine rings is 1. The molecule has 10 heteroatoms. The Hall–Kier alpha value is -3.05. The molecule has 0 saturated carbocycles. The van der Waals surface area contributed by atoms with Crippen LogP contribution in [0.1, 0.15) is 5.56 Å². The molecule has 0 bridgehead atoms. The lowest BCUT2D eigenvalue weighted by Crippen LogP contribution is -2.36. The van der Waals surface area contributed by atoms with Gasteiger partial charge in [-0.2, -0.15) is 0 Å². The van der Waals surface area contributed by atoms with E-state index in [1.165, 1.54) is 12.1 Å². The fourth-order valence-corrected chi connectivity index (χ4v) is 5.17. The summed E-state index contributed by atoms with van der Waals surface area (Å²) in [6.07, 6.45) is 0.260. The van der Waals surface area contributed by atoms with Crippen LogP contribution >= 0.6 is 0 Å². The van der Waals surface area contributed by atoms with Crippen molar-refractivity contribution in [1.29, 1.82) is 0 Å². The molecule has 190 valence electrons. The molecule has 1 unspecified atom stereocenters. The normalized spacial score (nSPS) is 25.9. The molecule has 5 heterocycles. The summed E-state index contributed by atoms with van der Waals surface area (Å²) < 4.78 is 53.3. The van der Waals surface area contributed by atoms with Crippen molar-refractivity contribution in [1.82, 2.24) is 9.97 Å². The fraction of sp³-hybridized carbons (Fsp3) is 0.423. The maximum absolute atomic E-state index is 15.2. The molecule has 2 N–H and O–H groups in total. The maximum atomic E-state index is 15.2. The third kappa shape index (κ3) is 4.03. The Kier molecular flexibility index (Phi) is 6.12. The highest BCUT2D eigenvalue weighted by Gasteiger charge is 2.48. The molecule has 1 aromatic carbocycles. The van der Waals surface area contributed by atoms with Crippen molar-refractivity contribution in [3.05, 3.63) is 54.1 Å². The average molecular weight is 500 g/mol. The van der Waals surface area contributed by atoms with E-state index in [4.69, 9.17) is 18.9 Å². The number of nitrogens with one attached hydrogen (secondary N) is 1. The zero-order valence-electron chi connectivity index (χ0n) is 19.6. The number of aliphatic hydroxyl groups is 1. The van der Waals surface area contributed by atoms with E-state index in [2.05, 4.69) is 16.5 Å². The van der Waals surface area contributed by atoms with E-state index < -0.39 is 29.9 Å². The minimum atomic E-state index is -0.678. The number of hydrogen-bond acceptors (Lipinski definition) is 7. The van der Waals surface area contributed by atoms with Crippen LogP contribution in [0.5, 0.6) is 5.88 Å². The summed E-state index contributed by atoms with van der Waals surface area (Å²) in [5.74, 6) is -0.879.